The summed E-state index contributed by atoms with van der Waals surface area (Å²) in [5.41, 5.74) is 0. The predicted octanol–water partition coefficient (Wildman–Crippen LogP) is 4.03. The molecule has 0 aromatic heterocycles. The molecule has 0 aliphatic heterocycles. The number of halogens is 3. The first kappa shape index (κ1) is 14.2. The number of alkyl halides is 3. The lowest BCUT2D eigenvalue weighted by Gasteiger charge is -2.04. The van der Waals surface area contributed by atoms with Crippen molar-refractivity contribution in [2.75, 3.05) is 0 Å². The summed E-state index contributed by atoms with van der Waals surface area (Å²) in [6, 6.07) is 0. The average molecular weight is 222 g/mol. The molecule has 0 heterocycles. The van der Waals surface area contributed by atoms with Crippen molar-refractivity contribution in [2.45, 2.75) is 51.1 Å². The van der Waals surface area contributed by atoms with Gasteiger partial charge in [0.2, 0.25) is 0 Å². The van der Waals surface area contributed by atoms with Gasteiger partial charge < -0.3 is 0 Å². The van der Waals surface area contributed by atoms with Crippen LogP contribution >= 0.6 is 0 Å². The lowest BCUT2D eigenvalue weighted by molar-refractivity contribution is -0.143. The van der Waals surface area contributed by atoms with Crippen LogP contribution in [0.4, 0.5) is 13.2 Å². The molecular weight excluding hydrogens is 205 g/mol. The molecule has 0 spiro atoms. The standard InChI is InChI=1S/C11H17F3O/c1-2-3-4-5-6-7-10(15)8-9-11(12,13)14/h2H,1,3-9H2. The molecule has 0 aliphatic carbocycles. The van der Waals surface area contributed by atoms with Crippen molar-refractivity contribution in [3.05, 3.63) is 12.7 Å². The van der Waals surface area contributed by atoms with Crippen molar-refractivity contribution in [1.29, 1.82) is 0 Å². The quantitative estimate of drug-likeness (QED) is 0.447. The fourth-order valence-corrected chi connectivity index (χ4v) is 1.19. The van der Waals surface area contributed by atoms with E-state index in [0.29, 0.717) is 6.42 Å². The molecule has 0 bridgehead atoms. The Hall–Kier alpha value is -0.800. The van der Waals surface area contributed by atoms with E-state index in [1.54, 1.807) is 6.08 Å². The maximum absolute atomic E-state index is 11.7. The Morgan fingerprint density at radius 1 is 1.13 bits per heavy atom. The van der Waals surface area contributed by atoms with Crippen molar-refractivity contribution < 1.29 is 18.0 Å². The van der Waals surface area contributed by atoms with Gasteiger partial charge in [0.05, 0.1) is 6.42 Å². The van der Waals surface area contributed by atoms with Crippen molar-refractivity contribution >= 4 is 5.78 Å². The van der Waals surface area contributed by atoms with Crippen LogP contribution in [0.5, 0.6) is 0 Å². The molecule has 0 atom stereocenters. The molecule has 0 rings (SSSR count). The highest BCUT2D eigenvalue weighted by Crippen LogP contribution is 2.22. The van der Waals surface area contributed by atoms with Crippen LogP contribution in [0, 0.1) is 0 Å². The molecule has 0 aliphatic rings. The van der Waals surface area contributed by atoms with Crippen LogP contribution in [-0.4, -0.2) is 12.0 Å². The SMILES string of the molecule is C=CCCCCCC(=O)CCC(F)(F)F. The molecular formula is C11H17F3O. The molecule has 4 heteroatoms. The molecule has 1 nitrogen and oxygen atoms in total. The largest absolute Gasteiger partial charge is 0.389 e. The third-order valence-corrected chi connectivity index (χ3v) is 2.05. The molecule has 0 amide bonds. The average Bonchev–Trinajstić information content (AvgIpc) is 2.13. The Labute approximate surface area is 88.4 Å². The number of rotatable bonds is 8. The summed E-state index contributed by atoms with van der Waals surface area (Å²) in [5, 5.41) is 0. The number of hydrogen-bond donors (Lipinski definition) is 0. The second kappa shape index (κ2) is 7.49. The van der Waals surface area contributed by atoms with E-state index in [4.69, 9.17) is 0 Å². The van der Waals surface area contributed by atoms with Gasteiger partial charge in [0, 0.05) is 12.8 Å². The van der Waals surface area contributed by atoms with Gasteiger partial charge in [-0.2, -0.15) is 13.2 Å². The van der Waals surface area contributed by atoms with Crippen molar-refractivity contribution in [1.82, 2.24) is 0 Å². The van der Waals surface area contributed by atoms with Gasteiger partial charge in [-0.05, 0) is 19.3 Å². The highest BCUT2D eigenvalue weighted by molar-refractivity contribution is 5.78. The van der Waals surface area contributed by atoms with Crippen LogP contribution < -0.4 is 0 Å². The number of carbonyl (C=O) groups excluding carboxylic acids is 1. The summed E-state index contributed by atoms with van der Waals surface area (Å²) in [6.07, 6.45) is -0.0816. The van der Waals surface area contributed by atoms with Gasteiger partial charge in [0.25, 0.3) is 0 Å². The monoisotopic (exact) mass is 222 g/mol. The minimum atomic E-state index is -4.21. The molecule has 0 fully saturated rings. The molecule has 0 N–H and O–H groups in total. The lowest BCUT2D eigenvalue weighted by Crippen LogP contribution is -2.10. The van der Waals surface area contributed by atoms with E-state index < -0.39 is 12.6 Å². The van der Waals surface area contributed by atoms with E-state index in [0.717, 1.165) is 19.3 Å². The summed E-state index contributed by atoms with van der Waals surface area (Å²) >= 11 is 0. The topological polar surface area (TPSA) is 17.1 Å². The van der Waals surface area contributed by atoms with Gasteiger partial charge in [-0.1, -0.05) is 12.5 Å². The van der Waals surface area contributed by atoms with Crippen LogP contribution in [-0.2, 0) is 4.79 Å². The predicted molar refractivity (Wildman–Crippen MR) is 53.6 cm³/mol. The molecule has 15 heavy (non-hydrogen) atoms. The van der Waals surface area contributed by atoms with Gasteiger partial charge in [0.15, 0.2) is 0 Å². The summed E-state index contributed by atoms with van der Waals surface area (Å²) in [4.78, 5) is 11.0. The Bertz CT molecular complexity index is 196. The van der Waals surface area contributed by atoms with E-state index in [2.05, 4.69) is 6.58 Å². The van der Waals surface area contributed by atoms with E-state index in [1.165, 1.54) is 0 Å². The van der Waals surface area contributed by atoms with E-state index in [9.17, 15) is 18.0 Å². The highest BCUT2D eigenvalue weighted by Gasteiger charge is 2.27. The summed E-state index contributed by atoms with van der Waals surface area (Å²) in [7, 11) is 0. The number of Topliss-reactive ketones (excluding diaryl/α,β-unsaturated/α-hetero) is 1. The zero-order valence-electron chi connectivity index (χ0n) is 8.78. The molecule has 0 unspecified atom stereocenters. The summed E-state index contributed by atoms with van der Waals surface area (Å²) < 4.78 is 35.2. The molecule has 0 radical (unpaired) electrons. The minimum absolute atomic E-state index is 0.271. The van der Waals surface area contributed by atoms with Crippen LogP contribution in [0.1, 0.15) is 44.9 Å². The van der Waals surface area contributed by atoms with E-state index in [-0.39, 0.29) is 18.6 Å². The minimum Gasteiger partial charge on any atom is -0.300 e. The maximum atomic E-state index is 11.7. The van der Waals surface area contributed by atoms with Gasteiger partial charge >= 0.3 is 6.18 Å². The third kappa shape index (κ3) is 11.1. The molecule has 0 aromatic rings. The van der Waals surface area contributed by atoms with Crippen LogP contribution in [0.15, 0.2) is 12.7 Å². The first-order valence-corrected chi connectivity index (χ1v) is 5.15. The normalized spacial score (nSPS) is 11.4. The van der Waals surface area contributed by atoms with Crippen LogP contribution in [0.2, 0.25) is 0 Å². The number of unbranched alkanes of at least 4 members (excludes halogenated alkanes) is 3. The first-order valence-electron chi connectivity index (χ1n) is 5.15. The highest BCUT2D eigenvalue weighted by atomic mass is 19.4. The molecule has 0 aromatic carbocycles. The van der Waals surface area contributed by atoms with Gasteiger partial charge in [0.1, 0.15) is 5.78 Å². The summed E-state index contributed by atoms with van der Waals surface area (Å²) in [6.45, 7) is 3.56. The van der Waals surface area contributed by atoms with E-state index >= 15 is 0 Å². The molecule has 0 saturated carbocycles. The fourth-order valence-electron chi connectivity index (χ4n) is 1.19. The number of ketones is 1. The second-order valence-electron chi connectivity index (χ2n) is 3.54. The Morgan fingerprint density at radius 3 is 2.33 bits per heavy atom. The maximum Gasteiger partial charge on any atom is 0.389 e. The molecule has 88 valence electrons. The van der Waals surface area contributed by atoms with E-state index in [1.807, 2.05) is 0 Å². The zero-order valence-corrected chi connectivity index (χ0v) is 8.78. The number of carbonyl (C=O) groups is 1. The van der Waals surface area contributed by atoms with Crippen LogP contribution in [0.3, 0.4) is 0 Å². The molecule has 0 saturated heterocycles. The Morgan fingerprint density at radius 2 is 1.80 bits per heavy atom. The van der Waals surface area contributed by atoms with Crippen molar-refractivity contribution in [2.24, 2.45) is 0 Å². The first-order chi connectivity index (χ1) is 6.95. The van der Waals surface area contributed by atoms with Gasteiger partial charge in [-0.25, -0.2) is 0 Å². The lowest BCUT2D eigenvalue weighted by atomic mass is 10.1. The summed E-state index contributed by atoms with van der Waals surface area (Å²) in [5.74, 6) is -0.286. The number of hydrogen-bond acceptors (Lipinski definition) is 1. The van der Waals surface area contributed by atoms with Gasteiger partial charge in [-0.3, -0.25) is 4.79 Å². The van der Waals surface area contributed by atoms with Crippen molar-refractivity contribution in [3.8, 4) is 0 Å². The number of allylic oxidation sites excluding steroid dienone is 1. The Balaban J connectivity index is 3.38. The zero-order chi connectivity index (χ0) is 11.7. The van der Waals surface area contributed by atoms with Gasteiger partial charge in [-0.15, -0.1) is 6.58 Å². The second-order valence-corrected chi connectivity index (χ2v) is 3.54. The fraction of sp³-hybridized carbons (Fsp3) is 0.727. The van der Waals surface area contributed by atoms with Crippen molar-refractivity contribution in [3.63, 3.8) is 0 Å². The third-order valence-electron chi connectivity index (χ3n) is 2.05. The van der Waals surface area contributed by atoms with Crippen LogP contribution in [0.25, 0.3) is 0 Å². The Kier molecular flexibility index (Phi) is 7.09. The smallest absolute Gasteiger partial charge is 0.300 e.